The highest BCUT2D eigenvalue weighted by Gasteiger charge is 2.38. The highest BCUT2D eigenvalue weighted by molar-refractivity contribution is 5.82. The summed E-state index contributed by atoms with van der Waals surface area (Å²) in [6.07, 6.45) is 1.85. The molecule has 4 heteroatoms. The van der Waals surface area contributed by atoms with E-state index in [1.54, 1.807) is 0 Å². The maximum absolute atomic E-state index is 12.8. The van der Waals surface area contributed by atoms with Crippen molar-refractivity contribution in [3.8, 4) is 0 Å². The second-order valence-corrected chi connectivity index (χ2v) is 4.82. The van der Waals surface area contributed by atoms with Gasteiger partial charge in [0.05, 0.1) is 6.04 Å². The second-order valence-electron chi connectivity index (χ2n) is 4.82. The molecule has 1 saturated carbocycles. The van der Waals surface area contributed by atoms with Gasteiger partial charge in [-0.05, 0) is 18.3 Å². The third-order valence-corrected chi connectivity index (χ3v) is 3.19. The van der Waals surface area contributed by atoms with E-state index < -0.39 is 6.17 Å². The van der Waals surface area contributed by atoms with E-state index >= 15 is 0 Å². The normalized spacial score (nSPS) is 34.1. The van der Waals surface area contributed by atoms with Crippen LogP contribution in [-0.4, -0.2) is 31.2 Å². The van der Waals surface area contributed by atoms with Crippen LogP contribution in [0.15, 0.2) is 0 Å². The fraction of sp³-hybridized carbons (Fsp3) is 0.900. The molecule has 1 aliphatic carbocycles. The fourth-order valence-electron chi connectivity index (χ4n) is 1.71. The summed E-state index contributed by atoms with van der Waals surface area (Å²) in [5.41, 5.74) is 0.323. The van der Waals surface area contributed by atoms with Crippen LogP contribution in [0.2, 0.25) is 0 Å². The minimum Gasteiger partial charge on any atom is -0.354 e. The standard InChI is InChI=1S/C10H17FN2O/c1-10(2-3-10)6-13-9(14)8-4-7(11)5-12-8/h7-8,12H,2-6H2,1H3,(H,13,14)/t7-,8+/m0/s1. The molecule has 80 valence electrons. The van der Waals surface area contributed by atoms with Crippen LogP contribution in [0.3, 0.4) is 0 Å². The topological polar surface area (TPSA) is 41.1 Å². The Kier molecular flexibility index (Phi) is 2.47. The Morgan fingerprint density at radius 1 is 1.64 bits per heavy atom. The Morgan fingerprint density at radius 3 is 2.86 bits per heavy atom. The first-order valence-electron chi connectivity index (χ1n) is 5.24. The quantitative estimate of drug-likeness (QED) is 0.700. The monoisotopic (exact) mass is 200 g/mol. The van der Waals surface area contributed by atoms with Gasteiger partial charge in [-0.1, -0.05) is 6.92 Å². The molecule has 1 heterocycles. The van der Waals surface area contributed by atoms with Crippen LogP contribution < -0.4 is 10.6 Å². The van der Waals surface area contributed by atoms with Crippen molar-refractivity contribution >= 4 is 5.91 Å². The van der Waals surface area contributed by atoms with Crippen molar-refractivity contribution in [3.63, 3.8) is 0 Å². The fourth-order valence-corrected chi connectivity index (χ4v) is 1.71. The lowest BCUT2D eigenvalue weighted by molar-refractivity contribution is -0.123. The van der Waals surface area contributed by atoms with Gasteiger partial charge < -0.3 is 10.6 Å². The summed E-state index contributed by atoms with van der Waals surface area (Å²) in [5, 5.41) is 5.76. The lowest BCUT2D eigenvalue weighted by Gasteiger charge is -2.13. The molecule has 0 spiro atoms. The third kappa shape index (κ3) is 2.23. The highest BCUT2D eigenvalue weighted by atomic mass is 19.1. The molecule has 1 amide bonds. The summed E-state index contributed by atoms with van der Waals surface area (Å²) in [6, 6.07) is -0.313. The van der Waals surface area contributed by atoms with Gasteiger partial charge in [-0.3, -0.25) is 4.79 Å². The van der Waals surface area contributed by atoms with Crippen LogP contribution in [-0.2, 0) is 4.79 Å². The average Bonchev–Trinajstić information content (AvgIpc) is 2.71. The maximum atomic E-state index is 12.8. The lowest BCUT2D eigenvalue weighted by Crippen LogP contribution is -2.42. The molecule has 0 bridgehead atoms. The number of hydrogen-bond donors (Lipinski definition) is 2. The molecular formula is C10H17FN2O. The predicted octanol–water partition coefficient (Wildman–Crippen LogP) is 0.603. The van der Waals surface area contributed by atoms with Crippen molar-refractivity contribution in [2.75, 3.05) is 13.1 Å². The summed E-state index contributed by atoms with van der Waals surface area (Å²) in [5.74, 6) is -0.0433. The van der Waals surface area contributed by atoms with Gasteiger partial charge in [-0.15, -0.1) is 0 Å². The van der Waals surface area contributed by atoms with Crippen molar-refractivity contribution in [3.05, 3.63) is 0 Å². The SMILES string of the molecule is CC1(CNC(=O)[C@H]2C[C@H](F)CN2)CC1. The summed E-state index contributed by atoms with van der Waals surface area (Å²) in [4.78, 5) is 11.5. The molecule has 0 aromatic carbocycles. The van der Waals surface area contributed by atoms with Crippen molar-refractivity contribution in [2.24, 2.45) is 5.41 Å². The number of amides is 1. The number of nitrogens with one attached hydrogen (secondary N) is 2. The Labute approximate surface area is 83.4 Å². The summed E-state index contributed by atoms with van der Waals surface area (Å²) in [7, 11) is 0. The molecule has 3 nitrogen and oxygen atoms in total. The number of halogens is 1. The van der Waals surface area contributed by atoms with E-state index in [4.69, 9.17) is 0 Å². The first-order valence-corrected chi connectivity index (χ1v) is 5.24. The predicted molar refractivity (Wildman–Crippen MR) is 51.7 cm³/mol. The Bertz CT molecular complexity index is 240. The zero-order valence-electron chi connectivity index (χ0n) is 8.48. The Morgan fingerprint density at radius 2 is 2.36 bits per heavy atom. The summed E-state index contributed by atoms with van der Waals surface area (Å²) >= 11 is 0. The molecule has 2 rings (SSSR count). The highest BCUT2D eigenvalue weighted by Crippen LogP contribution is 2.44. The average molecular weight is 200 g/mol. The molecule has 0 unspecified atom stereocenters. The van der Waals surface area contributed by atoms with Crippen molar-refractivity contribution in [2.45, 2.75) is 38.4 Å². The molecule has 1 saturated heterocycles. The number of hydrogen-bond acceptors (Lipinski definition) is 2. The molecule has 14 heavy (non-hydrogen) atoms. The van der Waals surface area contributed by atoms with E-state index in [2.05, 4.69) is 17.6 Å². The van der Waals surface area contributed by atoms with Gasteiger partial charge >= 0.3 is 0 Å². The zero-order valence-corrected chi connectivity index (χ0v) is 8.48. The minimum absolute atomic E-state index is 0.0433. The van der Waals surface area contributed by atoms with E-state index in [1.165, 1.54) is 12.8 Å². The zero-order chi connectivity index (χ0) is 10.2. The molecule has 1 aliphatic heterocycles. The number of carbonyl (C=O) groups is 1. The largest absolute Gasteiger partial charge is 0.354 e. The van der Waals surface area contributed by atoms with Crippen molar-refractivity contribution in [1.82, 2.24) is 10.6 Å². The van der Waals surface area contributed by atoms with E-state index in [-0.39, 0.29) is 11.9 Å². The Balaban J connectivity index is 1.72. The van der Waals surface area contributed by atoms with Gasteiger partial charge in [-0.2, -0.15) is 0 Å². The lowest BCUT2D eigenvalue weighted by atomic mass is 10.1. The van der Waals surface area contributed by atoms with Gasteiger partial charge in [0.15, 0.2) is 0 Å². The van der Waals surface area contributed by atoms with Gasteiger partial charge in [0.1, 0.15) is 6.17 Å². The van der Waals surface area contributed by atoms with Crippen LogP contribution in [0, 0.1) is 5.41 Å². The Hall–Kier alpha value is -0.640. The molecule has 0 aromatic rings. The molecule has 0 radical (unpaired) electrons. The van der Waals surface area contributed by atoms with Crippen molar-refractivity contribution < 1.29 is 9.18 Å². The smallest absolute Gasteiger partial charge is 0.237 e. The van der Waals surface area contributed by atoms with E-state index in [1.807, 2.05) is 0 Å². The second kappa shape index (κ2) is 3.50. The van der Waals surface area contributed by atoms with Crippen molar-refractivity contribution in [1.29, 1.82) is 0 Å². The van der Waals surface area contributed by atoms with Crippen LogP contribution in [0.4, 0.5) is 4.39 Å². The molecule has 2 N–H and O–H groups in total. The molecule has 2 aliphatic rings. The van der Waals surface area contributed by atoms with Crippen LogP contribution in [0.25, 0.3) is 0 Å². The summed E-state index contributed by atoms with van der Waals surface area (Å²) < 4.78 is 12.8. The van der Waals surface area contributed by atoms with Gasteiger partial charge in [0, 0.05) is 19.5 Å². The first-order chi connectivity index (χ1) is 6.59. The van der Waals surface area contributed by atoms with Crippen LogP contribution in [0.1, 0.15) is 26.2 Å². The minimum atomic E-state index is -0.859. The van der Waals surface area contributed by atoms with E-state index in [0.29, 0.717) is 18.4 Å². The molecule has 2 atom stereocenters. The van der Waals surface area contributed by atoms with E-state index in [9.17, 15) is 9.18 Å². The van der Waals surface area contributed by atoms with Crippen LogP contribution in [0.5, 0.6) is 0 Å². The van der Waals surface area contributed by atoms with Gasteiger partial charge in [0.2, 0.25) is 5.91 Å². The van der Waals surface area contributed by atoms with Gasteiger partial charge in [-0.25, -0.2) is 4.39 Å². The molecule has 0 aromatic heterocycles. The molecular weight excluding hydrogens is 183 g/mol. The summed E-state index contributed by atoms with van der Waals surface area (Å²) in [6.45, 7) is 3.21. The third-order valence-electron chi connectivity index (χ3n) is 3.19. The number of alkyl halides is 1. The van der Waals surface area contributed by atoms with Gasteiger partial charge in [0.25, 0.3) is 0 Å². The van der Waals surface area contributed by atoms with Crippen LogP contribution >= 0.6 is 0 Å². The first kappa shape index (κ1) is 9.90. The number of rotatable bonds is 3. The number of carbonyl (C=O) groups excluding carboxylic acids is 1. The van der Waals surface area contributed by atoms with E-state index in [0.717, 1.165) is 6.54 Å². The maximum Gasteiger partial charge on any atom is 0.237 e. The molecule has 2 fully saturated rings.